The van der Waals surface area contributed by atoms with Crippen LogP contribution in [0.2, 0.25) is 0 Å². The van der Waals surface area contributed by atoms with Gasteiger partial charge >= 0.3 is 0 Å². The lowest BCUT2D eigenvalue weighted by Crippen LogP contribution is -2.34. The topological polar surface area (TPSA) is 84.2 Å². The molecule has 1 aromatic carbocycles. The van der Waals surface area contributed by atoms with Gasteiger partial charge in [0.1, 0.15) is 10.8 Å². The maximum absolute atomic E-state index is 13.2. The van der Waals surface area contributed by atoms with Gasteiger partial charge in [-0.15, -0.1) is 11.3 Å². The van der Waals surface area contributed by atoms with Crippen LogP contribution >= 0.6 is 11.3 Å². The molecule has 0 aliphatic heterocycles. The van der Waals surface area contributed by atoms with E-state index in [1.807, 2.05) is 13.8 Å². The SMILES string of the molecule is CC(C)[C@@H](NCC(=O)Nc1sc2c(c1C(N)=O)CCC2)c1ccc(F)cc1. The second-order valence-electron chi connectivity index (χ2n) is 7.13. The maximum Gasteiger partial charge on any atom is 0.251 e. The number of halogens is 1. The zero-order valence-corrected chi connectivity index (χ0v) is 16.3. The van der Waals surface area contributed by atoms with Crippen LogP contribution in [0.5, 0.6) is 0 Å². The molecule has 27 heavy (non-hydrogen) atoms. The predicted molar refractivity (Wildman–Crippen MR) is 105 cm³/mol. The molecule has 5 nitrogen and oxygen atoms in total. The maximum atomic E-state index is 13.2. The highest BCUT2D eigenvalue weighted by Gasteiger charge is 2.26. The first-order valence-electron chi connectivity index (χ1n) is 9.10. The monoisotopic (exact) mass is 389 g/mol. The Morgan fingerprint density at radius 2 is 1.93 bits per heavy atom. The standard InChI is InChI=1S/C20H24FN3O2S/c1-11(2)18(12-6-8-13(21)9-7-12)23-10-16(25)24-20-17(19(22)26)14-4-3-5-15(14)27-20/h6-9,11,18,23H,3-5,10H2,1-2H3,(H2,22,26)(H,24,25)/t18-/m1/s1. The third kappa shape index (κ3) is 4.36. The van der Waals surface area contributed by atoms with Gasteiger partial charge in [-0.05, 0) is 48.4 Å². The van der Waals surface area contributed by atoms with Gasteiger partial charge < -0.3 is 16.4 Å². The fourth-order valence-corrected chi connectivity index (χ4v) is 4.85. The summed E-state index contributed by atoms with van der Waals surface area (Å²) in [5.41, 5.74) is 7.90. The van der Waals surface area contributed by atoms with E-state index in [1.54, 1.807) is 12.1 Å². The fraction of sp³-hybridized carbons (Fsp3) is 0.400. The molecule has 1 aromatic heterocycles. The van der Waals surface area contributed by atoms with Gasteiger partial charge in [0.25, 0.3) is 5.91 Å². The molecule has 0 bridgehead atoms. The minimum absolute atomic E-state index is 0.0831. The van der Waals surface area contributed by atoms with Gasteiger partial charge in [-0.1, -0.05) is 26.0 Å². The predicted octanol–water partition coefficient (Wildman–Crippen LogP) is 3.40. The summed E-state index contributed by atoms with van der Waals surface area (Å²) in [6.45, 7) is 4.16. The largest absolute Gasteiger partial charge is 0.365 e. The van der Waals surface area contributed by atoms with Crippen LogP contribution in [-0.4, -0.2) is 18.4 Å². The van der Waals surface area contributed by atoms with Crippen molar-refractivity contribution in [3.05, 3.63) is 51.7 Å². The van der Waals surface area contributed by atoms with E-state index in [9.17, 15) is 14.0 Å². The molecule has 0 fully saturated rings. The van der Waals surface area contributed by atoms with Crippen LogP contribution in [0.3, 0.4) is 0 Å². The molecule has 2 aromatic rings. The Bertz CT molecular complexity index is 846. The number of aryl methyl sites for hydroxylation is 1. The number of anilines is 1. The van der Waals surface area contributed by atoms with Crippen molar-refractivity contribution in [1.29, 1.82) is 0 Å². The zero-order chi connectivity index (χ0) is 19.6. The number of benzene rings is 1. The van der Waals surface area contributed by atoms with Gasteiger partial charge in [0.2, 0.25) is 5.91 Å². The highest BCUT2D eigenvalue weighted by molar-refractivity contribution is 7.17. The van der Waals surface area contributed by atoms with Crippen molar-refractivity contribution < 1.29 is 14.0 Å². The number of thiophene rings is 1. The van der Waals surface area contributed by atoms with Crippen LogP contribution in [-0.2, 0) is 17.6 Å². The highest BCUT2D eigenvalue weighted by Crippen LogP contribution is 2.38. The molecule has 0 saturated carbocycles. The summed E-state index contributed by atoms with van der Waals surface area (Å²) in [5.74, 6) is -0.798. The van der Waals surface area contributed by atoms with E-state index >= 15 is 0 Å². The molecule has 0 saturated heterocycles. The molecule has 2 amide bonds. The first-order valence-corrected chi connectivity index (χ1v) is 9.91. The average Bonchev–Trinajstić information content (AvgIpc) is 3.16. The molecule has 1 atom stereocenters. The van der Waals surface area contributed by atoms with Gasteiger partial charge in [-0.25, -0.2) is 4.39 Å². The Labute approximate surface area is 162 Å². The number of rotatable bonds is 7. The van der Waals surface area contributed by atoms with Gasteiger partial charge in [0.15, 0.2) is 0 Å². The van der Waals surface area contributed by atoms with Crippen molar-refractivity contribution >= 4 is 28.2 Å². The normalized spacial score (nSPS) is 14.2. The lowest BCUT2D eigenvalue weighted by Gasteiger charge is -2.22. The number of carbonyl (C=O) groups is 2. The molecule has 0 spiro atoms. The molecule has 144 valence electrons. The first-order chi connectivity index (χ1) is 12.9. The number of fused-ring (bicyclic) bond motifs is 1. The summed E-state index contributed by atoms with van der Waals surface area (Å²) in [7, 11) is 0. The summed E-state index contributed by atoms with van der Waals surface area (Å²) < 4.78 is 13.2. The Morgan fingerprint density at radius 1 is 1.22 bits per heavy atom. The quantitative estimate of drug-likeness (QED) is 0.679. The summed E-state index contributed by atoms with van der Waals surface area (Å²) in [6.07, 6.45) is 2.78. The van der Waals surface area contributed by atoms with Gasteiger partial charge in [-0.2, -0.15) is 0 Å². The van der Waals surface area contributed by atoms with Crippen molar-refractivity contribution in [1.82, 2.24) is 5.32 Å². The fourth-order valence-electron chi connectivity index (χ4n) is 3.54. The number of nitrogens with two attached hydrogens (primary N) is 1. The number of amides is 2. The molecule has 1 heterocycles. The third-order valence-corrected chi connectivity index (χ3v) is 6.01. The second-order valence-corrected chi connectivity index (χ2v) is 8.23. The molecule has 3 rings (SSSR count). The van der Waals surface area contributed by atoms with Crippen LogP contribution in [0.15, 0.2) is 24.3 Å². The number of carbonyl (C=O) groups excluding carboxylic acids is 2. The van der Waals surface area contributed by atoms with Crippen molar-refractivity contribution in [2.24, 2.45) is 11.7 Å². The molecule has 1 aliphatic rings. The van der Waals surface area contributed by atoms with E-state index in [1.165, 1.54) is 23.5 Å². The smallest absolute Gasteiger partial charge is 0.251 e. The lowest BCUT2D eigenvalue weighted by atomic mass is 9.96. The van der Waals surface area contributed by atoms with Crippen molar-refractivity contribution in [2.45, 2.75) is 39.2 Å². The summed E-state index contributed by atoms with van der Waals surface area (Å²) in [4.78, 5) is 25.4. The van der Waals surface area contributed by atoms with E-state index in [2.05, 4.69) is 10.6 Å². The van der Waals surface area contributed by atoms with Gasteiger partial charge in [0, 0.05) is 10.9 Å². The summed E-state index contributed by atoms with van der Waals surface area (Å²) in [5, 5.41) is 6.60. The minimum Gasteiger partial charge on any atom is -0.365 e. The molecule has 0 unspecified atom stereocenters. The Balaban J connectivity index is 1.67. The first kappa shape index (κ1) is 19.5. The van der Waals surface area contributed by atoms with Crippen molar-refractivity contribution in [3.8, 4) is 0 Å². The van der Waals surface area contributed by atoms with E-state index in [0.29, 0.717) is 10.6 Å². The van der Waals surface area contributed by atoms with E-state index < -0.39 is 5.91 Å². The minimum atomic E-state index is -0.496. The van der Waals surface area contributed by atoms with Crippen molar-refractivity contribution in [2.75, 3.05) is 11.9 Å². The number of hydrogen-bond donors (Lipinski definition) is 3. The van der Waals surface area contributed by atoms with E-state index in [4.69, 9.17) is 5.73 Å². The van der Waals surface area contributed by atoms with Gasteiger partial charge in [0.05, 0.1) is 12.1 Å². The number of hydrogen-bond acceptors (Lipinski definition) is 4. The number of nitrogens with one attached hydrogen (secondary N) is 2. The summed E-state index contributed by atoms with van der Waals surface area (Å²) >= 11 is 1.44. The van der Waals surface area contributed by atoms with Crippen LogP contribution in [0.4, 0.5) is 9.39 Å². The van der Waals surface area contributed by atoms with E-state index in [0.717, 1.165) is 35.3 Å². The Kier molecular flexibility index (Phi) is 5.92. The second kappa shape index (κ2) is 8.19. The molecule has 0 radical (unpaired) electrons. The lowest BCUT2D eigenvalue weighted by molar-refractivity contribution is -0.115. The average molecular weight is 389 g/mol. The van der Waals surface area contributed by atoms with E-state index in [-0.39, 0.29) is 30.2 Å². The Hall–Kier alpha value is -2.25. The van der Waals surface area contributed by atoms with Crippen LogP contribution in [0.25, 0.3) is 0 Å². The summed E-state index contributed by atoms with van der Waals surface area (Å²) in [6, 6.07) is 6.19. The highest BCUT2D eigenvalue weighted by atomic mass is 32.1. The molecular formula is C20H24FN3O2S. The van der Waals surface area contributed by atoms with Gasteiger partial charge in [-0.3, -0.25) is 9.59 Å². The number of primary amides is 1. The van der Waals surface area contributed by atoms with Crippen LogP contribution in [0.1, 0.15) is 52.7 Å². The zero-order valence-electron chi connectivity index (χ0n) is 15.5. The Morgan fingerprint density at radius 3 is 2.56 bits per heavy atom. The molecule has 4 N–H and O–H groups in total. The molecule has 7 heteroatoms. The van der Waals surface area contributed by atoms with Crippen LogP contribution < -0.4 is 16.4 Å². The van der Waals surface area contributed by atoms with Crippen LogP contribution in [0, 0.1) is 11.7 Å². The molecular weight excluding hydrogens is 365 g/mol. The molecule has 1 aliphatic carbocycles. The third-order valence-electron chi connectivity index (χ3n) is 4.80. The van der Waals surface area contributed by atoms with Crippen molar-refractivity contribution in [3.63, 3.8) is 0 Å².